The van der Waals surface area contributed by atoms with E-state index in [4.69, 9.17) is 5.73 Å². The molecule has 0 saturated heterocycles. The first kappa shape index (κ1) is 12.1. The normalized spacial score (nSPS) is 13.3. The molecule has 0 aliphatic carbocycles. The Morgan fingerprint density at radius 2 is 1.65 bits per heavy atom. The Morgan fingerprint density at radius 3 is 2.18 bits per heavy atom. The van der Waals surface area contributed by atoms with Gasteiger partial charge in [0.15, 0.2) is 0 Å². The molecule has 2 N–H and O–H groups in total. The fourth-order valence-corrected chi connectivity index (χ4v) is 2.14. The molecule has 2 rings (SSSR count). The van der Waals surface area contributed by atoms with Crippen LogP contribution in [0.15, 0.2) is 24.3 Å². The number of nitrogens with zero attached hydrogens (tertiary/aromatic N) is 2. The van der Waals surface area contributed by atoms with Gasteiger partial charge in [-0.1, -0.05) is 12.1 Å². The standard InChI is InChI=1S/C14H21N3/c1-13(2,3)17-11-9-7-6-8-10(11)16-12(17)14(4,5)15/h6-9H,15H2,1-5H3. The van der Waals surface area contributed by atoms with E-state index in [9.17, 15) is 0 Å². The lowest BCUT2D eigenvalue weighted by atomic mass is 10.0. The molecule has 0 bridgehead atoms. The third-order valence-electron chi connectivity index (χ3n) is 2.81. The maximum atomic E-state index is 6.23. The van der Waals surface area contributed by atoms with Crippen molar-refractivity contribution in [3.63, 3.8) is 0 Å². The molecule has 0 spiro atoms. The smallest absolute Gasteiger partial charge is 0.129 e. The van der Waals surface area contributed by atoms with Crippen LogP contribution >= 0.6 is 0 Å². The molecule has 1 aromatic carbocycles. The lowest BCUT2D eigenvalue weighted by Crippen LogP contribution is -2.36. The Kier molecular flexibility index (Phi) is 2.54. The number of fused-ring (bicyclic) bond motifs is 1. The number of benzene rings is 1. The van der Waals surface area contributed by atoms with Crippen molar-refractivity contribution >= 4 is 11.0 Å². The summed E-state index contributed by atoms with van der Waals surface area (Å²) in [6.45, 7) is 10.5. The van der Waals surface area contributed by atoms with Crippen molar-refractivity contribution in [3.05, 3.63) is 30.1 Å². The Hall–Kier alpha value is -1.35. The number of imidazole rings is 1. The van der Waals surface area contributed by atoms with Gasteiger partial charge < -0.3 is 10.3 Å². The second-order valence-corrected chi connectivity index (χ2v) is 6.15. The van der Waals surface area contributed by atoms with Crippen molar-refractivity contribution in [2.45, 2.75) is 45.7 Å². The van der Waals surface area contributed by atoms with Crippen LogP contribution in [-0.4, -0.2) is 9.55 Å². The highest BCUT2D eigenvalue weighted by atomic mass is 15.2. The lowest BCUT2D eigenvalue weighted by Gasteiger charge is -2.29. The number of nitrogens with two attached hydrogens (primary N) is 1. The third kappa shape index (κ3) is 2.07. The zero-order valence-electron chi connectivity index (χ0n) is 11.3. The van der Waals surface area contributed by atoms with E-state index in [1.807, 2.05) is 32.0 Å². The van der Waals surface area contributed by atoms with Gasteiger partial charge in [-0.3, -0.25) is 0 Å². The summed E-state index contributed by atoms with van der Waals surface area (Å²) in [6.07, 6.45) is 0. The Labute approximate surface area is 103 Å². The molecule has 92 valence electrons. The summed E-state index contributed by atoms with van der Waals surface area (Å²) in [4.78, 5) is 4.69. The number of hydrogen-bond donors (Lipinski definition) is 1. The largest absolute Gasteiger partial charge is 0.321 e. The van der Waals surface area contributed by atoms with Gasteiger partial charge in [-0.25, -0.2) is 4.98 Å². The molecule has 0 amide bonds. The minimum atomic E-state index is -0.438. The van der Waals surface area contributed by atoms with Gasteiger partial charge in [0.05, 0.1) is 16.6 Å². The average Bonchev–Trinajstić information content (AvgIpc) is 2.54. The highest BCUT2D eigenvalue weighted by Gasteiger charge is 2.28. The highest BCUT2D eigenvalue weighted by Crippen LogP contribution is 2.29. The van der Waals surface area contributed by atoms with Crippen LogP contribution in [0.4, 0.5) is 0 Å². The summed E-state index contributed by atoms with van der Waals surface area (Å²) < 4.78 is 2.24. The minimum absolute atomic E-state index is 0.0257. The van der Waals surface area contributed by atoms with E-state index >= 15 is 0 Å². The van der Waals surface area contributed by atoms with E-state index in [0.29, 0.717) is 0 Å². The van der Waals surface area contributed by atoms with E-state index in [1.165, 1.54) is 0 Å². The maximum Gasteiger partial charge on any atom is 0.129 e. The Morgan fingerprint density at radius 1 is 1.06 bits per heavy atom. The highest BCUT2D eigenvalue weighted by molar-refractivity contribution is 5.76. The first-order valence-corrected chi connectivity index (χ1v) is 5.98. The predicted molar refractivity (Wildman–Crippen MR) is 71.9 cm³/mol. The molecule has 0 radical (unpaired) electrons. The predicted octanol–water partition coefficient (Wildman–Crippen LogP) is 2.99. The van der Waals surface area contributed by atoms with Gasteiger partial charge in [0.1, 0.15) is 5.82 Å². The first-order valence-electron chi connectivity index (χ1n) is 5.98. The van der Waals surface area contributed by atoms with Crippen molar-refractivity contribution in [1.82, 2.24) is 9.55 Å². The average molecular weight is 231 g/mol. The SMILES string of the molecule is CC(C)(N)c1nc2ccccc2n1C(C)(C)C. The van der Waals surface area contributed by atoms with E-state index in [-0.39, 0.29) is 5.54 Å². The Bertz CT molecular complexity index is 539. The van der Waals surface area contributed by atoms with E-state index in [1.54, 1.807) is 0 Å². The Balaban J connectivity index is 2.84. The monoisotopic (exact) mass is 231 g/mol. The van der Waals surface area contributed by atoms with Crippen LogP contribution in [0.5, 0.6) is 0 Å². The maximum absolute atomic E-state index is 6.23. The van der Waals surface area contributed by atoms with Gasteiger partial charge in [-0.2, -0.15) is 0 Å². The second-order valence-electron chi connectivity index (χ2n) is 6.15. The lowest BCUT2D eigenvalue weighted by molar-refractivity contribution is 0.358. The molecule has 17 heavy (non-hydrogen) atoms. The number of rotatable bonds is 1. The number of hydrogen-bond acceptors (Lipinski definition) is 2. The van der Waals surface area contributed by atoms with Crippen LogP contribution in [0.2, 0.25) is 0 Å². The van der Waals surface area contributed by atoms with Gasteiger partial charge >= 0.3 is 0 Å². The van der Waals surface area contributed by atoms with E-state index in [2.05, 4.69) is 36.4 Å². The molecule has 0 saturated carbocycles. The van der Waals surface area contributed by atoms with Gasteiger partial charge in [-0.15, -0.1) is 0 Å². The topological polar surface area (TPSA) is 43.8 Å². The molecule has 1 aromatic heterocycles. The zero-order valence-corrected chi connectivity index (χ0v) is 11.3. The van der Waals surface area contributed by atoms with Crippen molar-refractivity contribution in [3.8, 4) is 0 Å². The van der Waals surface area contributed by atoms with Gasteiger partial charge in [-0.05, 0) is 46.8 Å². The molecule has 3 nitrogen and oxygen atoms in total. The molecular weight excluding hydrogens is 210 g/mol. The van der Waals surface area contributed by atoms with Crippen molar-refractivity contribution < 1.29 is 0 Å². The second kappa shape index (κ2) is 3.57. The molecule has 1 heterocycles. The van der Waals surface area contributed by atoms with Crippen molar-refractivity contribution in [2.75, 3.05) is 0 Å². The molecule has 0 fully saturated rings. The van der Waals surface area contributed by atoms with E-state index in [0.717, 1.165) is 16.9 Å². The first-order chi connectivity index (χ1) is 7.71. The fraction of sp³-hybridized carbons (Fsp3) is 0.500. The molecule has 3 heteroatoms. The summed E-state index contributed by atoms with van der Waals surface area (Å²) in [5.41, 5.74) is 7.93. The summed E-state index contributed by atoms with van der Waals surface area (Å²) in [7, 11) is 0. The van der Waals surface area contributed by atoms with Crippen LogP contribution in [-0.2, 0) is 11.1 Å². The van der Waals surface area contributed by atoms with Gasteiger partial charge in [0.25, 0.3) is 0 Å². The van der Waals surface area contributed by atoms with Crippen LogP contribution < -0.4 is 5.73 Å². The molecule has 0 aliphatic heterocycles. The molecule has 2 aromatic rings. The number of aromatic nitrogens is 2. The van der Waals surface area contributed by atoms with Crippen LogP contribution in [0.1, 0.15) is 40.4 Å². The summed E-state index contributed by atoms with van der Waals surface area (Å²) in [5.74, 6) is 0.936. The van der Waals surface area contributed by atoms with Crippen molar-refractivity contribution in [2.24, 2.45) is 5.73 Å². The van der Waals surface area contributed by atoms with Gasteiger partial charge in [0, 0.05) is 5.54 Å². The molecule has 0 atom stereocenters. The van der Waals surface area contributed by atoms with E-state index < -0.39 is 5.54 Å². The number of para-hydroxylation sites is 2. The molecule has 0 unspecified atom stereocenters. The van der Waals surface area contributed by atoms with Crippen LogP contribution in [0, 0.1) is 0 Å². The zero-order chi connectivity index (χ0) is 12.8. The minimum Gasteiger partial charge on any atom is -0.321 e. The van der Waals surface area contributed by atoms with Crippen LogP contribution in [0.3, 0.4) is 0 Å². The quantitative estimate of drug-likeness (QED) is 0.820. The van der Waals surface area contributed by atoms with Gasteiger partial charge in [0.2, 0.25) is 0 Å². The fourth-order valence-electron chi connectivity index (χ4n) is 2.14. The molecule has 0 aliphatic rings. The van der Waals surface area contributed by atoms with Crippen LogP contribution in [0.25, 0.3) is 11.0 Å². The summed E-state index contributed by atoms with van der Waals surface area (Å²) in [6, 6.07) is 8.19. The summed E-state index contributed by atoms with van der Waals surface area (Å²) in [5, 5.41) is 0. The molecular formula is C14H21N3. The summed E-state index contributed by atoms with van der Waals surface area (Å²) >= 11 is 0. The van der Waals surface area contributed by atoms with Crippen molar-refractivity contribution in [1.29, 1.82) is 0 Å². The third-order valence-corrected chi connectivity index (χ3v) is 2.81.